The van der Waals surface area contributed by atoms with E-state index in [-0.39, 0.29) is 0 Å². The maximum atomic E-state index is 6.46. The van der Waals surface area contributed by atoms with Gasteiger partial charge in [0.1, 0.15) is 5.82 Å². The molecule has 1 fully saturated rings. The van der Waals surface area contributed by atoms with Crippen LogP contribution in [0.4, 0.5) is 5.82 Å². The van der Waals surface area contributed by atoms with E-state index >= 15 is 0 Å². The molecule has 20 heavy (non-hydrogen) atoms. The third kappa shape index (κ3) is 2.39. The summed E-state index contributed by atoms with van der Waals surface area (Å²) in [6.45, 7) is 1.43. The molecule has 0 bridgehead atoms. The molecule has 1 aromatic heterocycles. The van der Waals surface area contributed by atoms with Crippen molar-refractivity contribution in [3.63, 3.8) is 0 Å². The van der Waals surface area contributed by atoms with Crippen LogP contribution < -0.4 is 10.6 Å². The number of nitrogens with zero attached hydrogens (tertiary/aromatic N) is 2. The van der Waals surface area contributed by atoms with Crippen LogP contribution >= 0.6 is 11.6 Å². The highest BCUT2D eigenvalue weighted by atomic mass is 35.5. The van der Waals surface area contributed by atoms with Crippen LogP contribution in [-0.2, 0) is 6.54 Å². The zero-order valence-electron chi connectivity index (χ0n) is 11.3. The second-order valence-corrected chi connectivity index (χ2v) is 5.45. The van der Waals surface area contributed by atoms with Gasteiger partial charge in [-0.3, -0.25) is 0 Å². The highest BCUT2D eigenvalue weighted by molar-refractivity contribution is 6.33. The summed E-state index contributed by atoms with van der Waals surface area (Å²) >= 11 is 6.46. The molecule has 0 amide bonds. The van der Waals surface area contributed by atoms with E-state index in [1.165, 1.54) is 5.56 Å². The van der Waals surface area contributed by atoms with Gasteiger partial charge in [-0.25, -0.2) is 4.98 Å². The van der Waals surface area contributed by atoms with Crippen molar-refractivity contribution in [2.24, 2.45) is 5.73 Å². The summed E-state index contributed by atoms with van der Waals surface area (Å²) < 4.78 is 0. The first-order valence-corrected chi connectivity index (χ1v) is 7.34. The van der Waals surface area contributed by atoms with Crippen molar-refractivity contribution in [3.8, 4) is 0 Å². The number of benzene rings is 1. The fraction of sp³-hybridized carbons (Fsp3) is 0.312. The fourth-order valence-corrected chi connectivity index (χ4v) is 3.17. The molecule has 0 saturated carbocycles. The van der Waals surface area contributed by atoms with Gasteiger partial charge in [0, 0.05) is 19.3 Å². The molecule has 0 aliphatic carbocycles. The minimum atomic E-state index is 0.356. The molecule has 0 spiro atoms. The van der Waals surface area contributed by atoms with Crippen molar-refractivity contribution in [2.75, 3.05) is 11.4 Å². The van der Waals surface area contributed by atoms with Gasteiger partial charge < -0.3 is 10.6 Å². The first kappa shape index (κ1) is 13.4. The lowest BCUT2D eigenvalue weighted by molar-refractivity contribution is 0.711. The Balaban J connectivity index is 1.97. The number of hydrogen-bond donors (Lipinski definition) is 1. The third-order valence-corrected chi connectivity index (χ3v) is 4.29. The number of nitrogens with two attached hydrogens (primary N) is 1. The second kappa shape index (κ2) is 5.81. The van der Waals surface area contributed by atoms with Gasteiger partial charge in [0.25, 0.3) is 0 Å². The predicted octanol–water partition coefficient (Wildman–Crippen LogP) is 3.54. The fourth-order valence-electron chi connectivity index (χ4n) is 2.87. The molecular formula is C16H18ClN3. The highest BCUT2D eigenvalue weighted by Crippen LogP contribution is 2.38. The third-order valence-electron chi connectivity index (χ3n) is 3.88. The summed E-state index contributed by atoms with van der Waals surface area (Å²) in [5, 5.41) is 0.692. The summed E-state index contributed by atoms with van der Waals surface area (Å²) in [7, 11) is 0. The molecule has 104 valence electrons. The molecule has 2 heterocycles. The van der Waals surface area contributed by atoms with Gasteiger partial charge in [-0.05, 0) is 30.0 Å². The van der Waals surface area contributed by atoms with Crippen LogP contribution in [0.1, 0.15) is 30.0 Å². The van der Waals surface area contributed by atoms with Gasteiger partial charge in [-0.15, -0.1) is 0 Å². The number of hydrogen-bond acceptors (Lipinski definition) is 3. The van der Waals surface area contributed by atoms with Crippen molar-refractivity contribution in [1.82, 2.24) is 4.98 Å². The summed E-state index contributed by atoms with van der Waals surface area (Å²) in [5.41, 5.74) is 8.01. The summed E-state index contributed by atoms with van der Waals surface area (Å²) in [6.07, 6.45) is 4.09. The van der Waals surface area contributed by atoms with Crippen LogP contribution in [-0.4, -0.2) is 11.5 Å². The van der Waals surface area contributed by atoms with Gasteiger partial charge in [0.15, 0.2) is 0 Å². The summed E-state index contributed by atoms with van der Waals surface area (Å²) in [5.74, 6) is 0.862. The standard InChI is InChI=1S/C16H18ClN3/c17-15-13(11-18)8-9-19-16(15)20-10-4-7-14(20)12-5-2-1-3-6-12/h1-3,5-6,8-9,14H,4,7,10-11,18H2. The van der Waals surface area contributed by atoms with E-state index in [1.807, 2.05) is 12.1 Å². The van der Waals surface area contributed by atoms with Crippen LogP contribution in [0.2, 0.25) is 5.02 Å². The zero-order chi connectivity index (χ0) is 13.9. The molecule has 1 aromatic carbocycles. The van der Waals surface area contributed by atoms with Crippen molar-refractivity contribution >= 4 is 17.4 Å². The van der Waals surface area contributed by atoms with Crippen LogP contribution in [0.25, 0.3) is 0 Å². The lowest BCUT2D eigenvalue weighted by Crippen LogP contribution is -2.24. The van der Waals surface area contributed by atoms with Gasteiger partial charge in [-0.1, -0.05) is 41.9 Å². The van der Waals surface area contributed by atoms with Gasteiger partial charge in [0.2, 0.25) is 0 Å². The molecule has 3 rings (SSSR count). The van der Waals surface area contributed by atoms with Crippen LogP contribution in [0.15, 0.2) is 42.6 Å². The number of rotatable bonds is 3. The first-order chi connectivity index (χ1) is 9.81. The SMILES string of the molecule is NCc1ccnc(N2CCCC2c2ccccc2)c1Cl. The summed E-state index contributed by atoms with van der Waals surface area (Å²) in [4.78, 5) is 6.79. The van der Waals surface area contributed by atoms with Crippen LogP contribution in [0.5, 0.6) is 0 Å². The van der Waals surface area contributed by atoms with Crippen molar-refractivity contribution in [3.05, 3.63) is 58.7 Å². The maximum absolute atomic E-state index is 6.46. The smallest absolute Gasteiger partial charge is 0.148 e. The van der Waals surface area contributed by atoms with E-state index in [2.05, 4.69) is 34.1 Å². The van der Waals surface area contributed by atoms with Gasteiger partial charge in [-0.2, -0.15) is 0 Å². The Kier molecular flexibility index (Phi) is 3.90. The number of pyridine rings is 1. The summed E-state index contributed by atoms with van der Waals surface area (Å²) in [6, 6.07) is 12.8. The van der Waals surface area contributed by atoms with Crippen molar-refractivity contribution in [2.45, 2.75) is 25.4 Å². The molecule has 4 heteroatoms. The van der Waals surface area contributed by atoms with E-state index in [4.69, 9.17) is 17.3 Å². The second-order valence-electron chi connectivity index (χ2n) is 5.07. The topological polar surface area (TPSA) is 42.1 Å². The van der Waals surface area contributed by atoms with Gasteiger partial charge in [0.05, 0.1) is 11.1 Å². The van der Waals surface area contributed by atoms with Crippen molar-refractivity contribution < 1.29 is 0 Å². The molecule has 1 unspecified atom stereocenters. The Bertz CT molecular complexity index is 586. The molecule has 3 nitrogen and oxygen atoms in total. The molecule has 1 saturated heterocycles. The maximum Gasteiger partial charge on any atom is 0.148 e. The number of halogens is 1. The largest absolute Gasteiger partial charge is 0.348 e. The quantitative estimate of drug-likeness (QED) is 0.939. The Morgan fingerprint density at radius 3 is 2.80 bits per heavy atom. The minimum absolute atomic E-state index is 0.356. The predicted molar refractivity (Wildman–Crippen MR) is 82.9 cm³/mol. The zero-order valence-corrected chi connectivity index (χ0v) is 12.1. The Morgan fingerprint density at radius 1 is 1.25 bits per heavy atom. The van der Waals surface area contributed by atoms with E-state index in [0.29, 0.717) is 17.6 Å². The Morgan fingerprint density at radius 2 is 2.05 bits per heavy atom. The van der Waals surface area contributed by atoms with E-state index in [1.54, 1.807) is 6.20 Å². The first-order valence-electron chi connectivity index (χ1n) is 6.96. The van der Waals surface area contributed by atoms with Crippen molar-refractivity contribution in [1.29, 1.82) is 0 Å². The molecule has 1 aliphatic heterocycles. The van der Waals surface area contributed by atoms with E-state index in [0.717, 1.165) is 30.8 Å². The molecule has 2 aromatic rings. The van der Waals surface area contributed by atoms with E-state index < -0.39 is 0 Å². The Labute approximate surface area is 124 Å². The normalized spacial score (nSPS) is 18.5. The van der Waals surface area contributed by atoms with Gasteiger partial charge >= 0.3 is 0 Å². The number of anilines is 1. The van der Waals surface area contributed by atoms with Crippen LogP contribution in [0.3, 0.4) is 0 Å². The lowest BCUT2D eigenvalue weighted by atomic mass is 10.0. The minimum Gasteiger partial charge on any atom is -0.348 e. The Hall–Kier alpha value is -1.58. The average Bonchev–Trinajstić information content (AvgIpc) is 2.97. The van der Waals surface area contributed by atoms with E-state index in [9.17, 15) is 0 Å². The molecule has 0 radical (unpaired) electrons. The number of aromatic nitrogens is 1. The monoisotopic (exact) mass is 287 g/mol. The lowest BCUT2D eigenvalue weighted by Gasteiger charge is -2.27. The average molecular weight is 288 g/mol. The molecule has 2 N–H and O–H groups in total. The molecule has 1 atom stereocenters. The van der Waals surface area contributed by atoms with Crippen LogP contribution in [0, 0.1) is 0 Å². The molecular weight excluding hydrogens is 270 g/mol. The molecule has 1 aliphatic rings. The highest BCUT2D eigenvalue weighted by Gasteiger charge is 2.28.